The van der Waals surface area contributed by atoms with Crippen molar-refractivity contribution in [1.29, 1.82) is 0 Å². The van der Waals surface area contributed by atoms with Crippen LogP contribution in [0, 0.1) is 0 Å². The molecular formula is C21H25Cl2N3O2. The molecule has 150 valence electrons. The van der Waals surface area contributed by atoms with Crippen molar-refractivity contribution in [2.24, 2.45) is 0 Å². The predicted molar refractivity (Wildman–Crippen MR) is 115 cm³/mol. The molecule has 1 amide bonds. The Bertz CT molecular complexity index is 825. The van der Waals surface area contributed by atoms with Crippen LogP contribution in [0.15, 0.2) is 42.5 Å². The van der Waals surface area contributed by atoms with Crippen LogP contribution in [0.25, 0.3) is 0 Å². The van der Waals surface area contributed by atoms with E-state index in [0.29, 0.717) is 22.3 Å². The molecule has 28 heavy (non-hydrogen) atoms. The maximum Gasteiger partial charge on any atom is 0.241 e. The number of likely N-dealkylation sites (N-methyl/N-ethyl adjacent to an activating group) is 1. The molecule has 2 aromatic rings. The zero-order chi connectivity index (χ0) is 20.1. The summed E-state index contributed by atoms with van der Waals surface area (Å²) >= 11 is 12.2. The van der Waals surface area contributed by atoms with Gasteiger partial charge in [0.2, 0.25) is 5.91 Å². The highest BCUT2D eigenvalue weighted by atomic mass is 35.5. The predicted octanol–water partition coefficient (Wildman–Crippen LogP) is 4.29. The Hall–Kier alpha value is -1.79. The minimum atomic E-state index is -0.340. The van der Waals surface area contributed by atoms with Gasteiger partial charge in [0, 0.05) is 25.3 Å². The first-order valence-electron chi connectivity index (χ1n) is 9.33. The summed E-state index contributed by atoms with van der Waals surface area (Å²) in [6.07, 6.45) is 0. The fraction of sp³-hybridized carbons (Fsp3) is 0.381. The molecule has 0 aromatic heterocycles. The Labute approximate surface area is 176 Å². The minimum absolute atomic E-state index is 0.129. The topological polar surface area (TPSA) is 44.8 Å². The van der Waals surface area contributed by atoms with E-state index < -0.39 is 0 Å². The highest BCUT2D eigenvalue weighted by Crippen LogP contribution is 2.30. The normalized spacial score (nSPS) is 15.5. The number of benzene rings is 2. The molecule has 7 heteroatoms. The number of nitrogens with zero attached hydrogens (tertiary/aromatic N) is 2. The lowest BCUT2D eigenvalue weighted by atomic mass is 10.1. The van der Waals surface area contributed by atoms with E-state index in [1.165, 1.54) is 11.3 Å². The van der Waals surface area contributed by atoms with Gasteiger partial charge in [0.1, 0.15) is 0 Å². The number of nitrogens with one attached hydrogen (secondary N) is 1. The Balaban J connectivity index is 1.68. The van der Waals surface area contributed by atoms with Crippen LogP contribution in [0.3, 0.4) is 0 Å². The Morgan fingerprint density at radius 2 is 1.89 bits per heavy atom. The van der Waals surface area contributed by atoms with E-state index in [1.54, 1.807) is 18.2 Å². The number of hydrogen-bond acceptors (Lipinski definition) is 4. The summed E-state index contributed by atoms with van der Waals surface area (Å²) in [5, 5.41) is 3.64. The lowest BCUT2D eigenvalue weighted by molar-refractivity contribution is -0.120. The Kier molecular flexibility index (Phi) is 7.18. The van der Waals surface area contributed by atoms with Gasteiger partial charge in [0.15, 0.2) is 0 Å². The highest BCUT2D eigenvalue weighted by Gasteiger charge is 2.22. The van der Waals surface area contributed by atoms with Crippen LogP contribution in [0.2, 0.25) is 10.0 Å². The molecule has 0 spiro atoms. The van der Waals surface area contributed by atoms with Gasteiger partial charge in [0.05, 0.1) is 35.0 Å². The molecule has 1 N–H and O–H groups in total. The quantitative estimate of drug-likeness (QED) is 0.755. The molecule has 1 saturated heterocycles. The molecule has 5 nitrogen and oxygen atoms in total. The average Bonchev–Trinajstić information content (AvgIpc) is 2.71. The van der Waals surface area contributed by atoms with Gasteiger partial charge in [-0.1, -0.05) is 47.5 Å². The minimum Gasteiger partial charge on any atom is -0.378 e. The molecule has 1 heterocycles. The number of halogens is 2. The van der Waals surface area contributed by atoms with Crippen LogP contribution in [-0.4, -0.2) is 50.2 Å². The largest absolute Gasteiger partial charge is 0.378 e. The van der Waals surface area contributed by atoms with Gasteiger partial charge < -0.3 is 15.0 Å². The fourth-order valence-electron chi connectivity index (χ4n) is 3.20. The third kappa shape index (κ3) is 4.97. The highest BCUT2D eigenvalue weighted by molar-refractivity contribution is 6.44. The number of morpholine rings is 1. The molecule has 3 rings (SSSR count). The molecule has 0 saturated carbocycles. The molecule has 0 radical (unpaired) electrons. The molecule has 0 unspecified atom stereocenters. The van der Waals surface area contributed by atoms with Crippen molar-refractivity contribution >= 4 is 40.5 Å². The summed E-state index contributed by atoms with van der Waals surface area (Å²) in [4.78, 5) is 17.1. The van der Waals surface area contributed by atoms with Crippen LogP contribution < -0.4 is 10.2 Å². The lowest BCUT2D eigenvalue weighted by Crippen LogP contribution is -2.40. The number of amides is 1. The second-order valence-corrected chi connectivity index (χ2v) is 7.70. The van der Waals surface area contributed by atoms with Crippen molar-refractivity contribution in [1.82, 2.24) is 4.90 Å². The first-order chi connectivity index (χ1) is 13.5. The fourth-order valence-corrected chi connectivity index (χ4v) is 3.55. The van der Waals surface area contributed by atoms with E-state index in [0.717, 1.165) is 26.3 Å². The summed E-state index contributed by atoms with van der Waals surface area (Å²) in [6, 6.07) is 13.2. The summed E-state index contributed by atoms with van der Waals surface area (Å²) in [7, 11) is 1.94. The SMILES string of the molecule is C[C@@H](C(=O)Nc1cccc(Cl)c1Cl)N(C)Cc1ccccc1N1CCOCC1. The van der Waals surface area contributed by atoms with E-state index in [4.69, 9.17) is 27.9 Å². The van der Waals surface area contributed by atoms with Crippen molar-refractivity contribution in [3.8, 4) is 0 Å². The average molecular weight is 422 g/mol. The Morgan fingerprint density at radius 1 is 1.18 bits per heavy atom. The van der Waals surface area contributed by atoms with Crippen LogP contribution in [0.5, 0.6) is 0 Å². The monoisotopic (exact) mass is 421 g/mol. The van der Waals surface area contributed by atoms with E-state index in [2.05, 4.69) is 22.3 Å². The molecule has 1 fully saturated rings. The van der Waals surface area contributed by atoms with Crippen molar-refractivity contribution in [3.05, 3.63) is 58.1 Å². The van der Waals surface area contributed by atoms with Crippen molar-refractivity contribution in [2.45, 2.75) is 19.5 Å². The third-order valence-corrected chi connectivity index (χ3v) is 5.83. The second kappa shape index (κ2) is 9.61. The number of rotatable bonds is 6. The Morgan fingerprint density at radius 3 is 2.64 bits per heavy atom. The van der Waals surface area contributed by atoms with Gasteiger partial charge in [-0.3, -0.25) is 9.69 Å². The smallest absolute Gasteiger partial charge is 0.241 e. The molecule has 0 aliphatic carbocycles. The van der Waals surface area contributed by atoms with Crippen LogP contribution in [-0.2, 0) is 16.1 Å². The molecular weight excluding hydrogens is 397 g/mol. The molecule has 1 aliphatic rings. The molecule has 2 aromatic carbocycles. The zero-order valence-corrected chi connectivity index (χ0v) is 17.6. The van der Waals surface area contributed by atoms with E-state index in [1.807, 2.05) is 31.0 Å². The summed E-state index contributed by atoms with van der Waals surface area (Å²) in [5.74, 6) is -0.129. The number of hydrogen-bond donors (Lipinski definition) is 1. The maximum atomic E-state index is 12.7. The van der Waals surface area contributed by atoms with Crippen molar-refractivity contribution < 1.29 is 9.53 Å². The third-order valence-electron chi connectivity index (χ3n) is 5.01. The molecule has 1 aliphatic heterocycles. The maximum absolute atomic E-state index is 12.7. The van der Waals surface area contributed by atoms with Crippen LogP contribution >= 0.6 is 23.2 Å². The van der Waals surface area contributed by atoms with Gasteiger partial charge >= 0.3 is 0 Å². The van der Waals surface area contributed by atoms with Gasteiger partial charge in [-0.2, -0.15) is 0 Å². The first-order valence-corrected chi connectivity index (χ1v) is 10.1. The van der Waals surface area contributed by atoms with Crippen LogP contribution in [0.1, 0.15) is 12.5 Å². The first kappa shape index (κ1) is 20.9. The van der Waals surface area contributed by atoms with E-state index in [9.17, 15) is 4.79 Å². The molecule has 0 bridgehead atoms. The summed E-state index contributed by atoms with van der Waals surface area (Å²) in [6.45, 7) is 5.78. The van der Waals surface area contributed by atoms with Crippen molar-refractivity contribution in [3.63, 3.8) is 0 Å². The van der Waals surface area contributed by atoms with Gasteiger partial charge in [-0.25, -0.2) is 0 Å². The number of anilines is 2. The lowest BCUT2D eigenvalue weighted by Gasteiger charge is -2.32. The van der Waals surface area contributed by atoms with Crippen molar-refractivity contribution in [2.75, 3.05) is 43.6 Å². The number of ether oxygens (including phenoxy) is 1. The second-order valence-electron chi connectivity index (χ2n) is 6.91. The van der Waals surface area contributed by atoms with Crippen LogP contribution in [0.4, 0.5) is 11.4 Å². The number of carbonyl (C=O) groups is 1. The number of carbonyl (C=O) groups excluding carboxylic acids is 1. The summed E-state index contributed by atoms with van der Waals surface area (Å²) < 4.78 is 5.46. The summed E-state index contributed by atoms with van der Waals surface area (Å²) in [5.41, 5.74) is 2.91. The van der Waals surface area contributed by atoms with Gasteiger partial charge in [-0.15, -0.1) is 0 Å². The van der Waals surface area contributed by atoms with Gasteiger partial charge in [-0.05, 0) is 37.7 Å². The van der Waals surface area contributed by atoms with E-state index in [-0.39, 0.29) is 11.9 Å². The molecule has 1 atom stereocenters. The zero-order valence-electron chi connectivity index (χ0n) is 16.1. The number of para-hydroxylation sites is 1. The van der Waals surface area contributed by atoms with Gasteiger partial charge in [0.25, 0.3) is 0 Å². The standard InChI is InChI=1S/C21H25Cl2N3O2/c1-15(21(27)24-18-8-5-7-17(22)20(18)23)25(2)14-16-6-3-4-9-19(16)26-10-12-28-13-11-26/h3-9,15H,10-14H2,1-2H3,(H,24,27)/t15-/m0/s1. The van der Waals surface area contributed by atoms with E-state index >= 15 is 0 Å².